The monoisotopic (exact) mass is 422 g/mol. The van der Waals surface area contributed by atoms with Crippen molar-refractivity contribution in [1.82, 2.24) is 5.32 Å². The average molecular weight is 423 g/mol. The molecular formula is C19H19ClN2O7. The topological polar surface area (TPSA) is 117 Å². The van der Waals surface area contributed by atoms with Gasteiger partial charge in [0.2, 0.25) is 0 Å². The minimum absolute atomic E-state index is 0.00948. The minimum Gasteiger partial charge on any atom is -0.494 e. The molecule has 1 N–H and O–H groups in total. The van der Waals surface area contributed by atoms with Crippen molar-refractivity contribution in [2.75, 3.05) is 26.4 Å². The molecule has 2 rings (SSSR count). The van der Waals surface area contributed by atoms with E-state index in [0.717, 1.165) is 17.9 Å². The molecule has 0 heterocycles. The van der Waals surface area contributed by atoms with Crippen LogP contribution in [-0.4, -0.2) is 43.2 Å². The highest BCUT2D eigenvalue weighted by molar-refractivity contribution is 6.33. The molecule has 0 spiro atoms. The standard InChI is InChI=1S/C19H19ClN2O7/c1-2-27-14-4-6-15(7-5-14)28-10-9-21-18(23)12-29-19(24)16-11-13(22(25)26)3-8-17(16)20/h3-8,11H,2,9-10,12H2,1H3,(H,21,23). The Labute approximate surface area is 171 Å². The van der Waals surface area contributed by atoms with E-state index in [-0.39, 0.29) is 29.4 Å². The maximum atomic E-state index is 12.0. The van der Waals surface area contributed by atoms with Crippen molar-refractivity contribution in [2.45, 2.75) is 6.92 Å². The third kappa shape index (κ3) is 6.96. The summed E-state index contributed by atoms with van der Waals surface area (Å²) in [5.41, 5.74) is -0.496. The number of nitrogens with one attached hydrogen (secondary N) is 1. The minimum atomic E-state index is -0.931. The fourth-order valence-electron chi connectivity index (χ4n) is 2.20. The van der Waals surface area contributed by atoms with Crippen LogP contribution in [0, 0.1) is 10.1 Å². The Hall–Kier alpha value is -3.33. The lowest BCUT2D eigenvalue weighted by molar-refractivity contribution is -0.384. The number of carbonyl (C=O) groups excluding carboxylic acids is 2. The highest BCUT2D eigenvalue weighted by Crippen LogP contribution is 2.22. The molecule has 0 aliphatic carbocycles. The fourth-order valence-corrected chi connectivity index (χ4v) is 2.40. The Morgan fingerprint density at radius 1 is 1.10 bits per heavy atom. The van der Waals surface area contributed by atoms with Gasteiger partial charge in [-0.25, -0.2) is 4.79 Å². The first kappa shape index (κ1) is 22.0. The Morgan fingerprint density at radius 2 is 1.76 bits per heavy atom. The first-order valence-corrected chi connectivity index (χ1v) is 9.02. The second kappa shape index (κ2) is 10.9. The molecule has 0 radical (unpaired) electrons. The number of rotatable bonds is 10. The lowest BCUT2D eigenvalue weighted by Crippen LogP contribution is -2.32. The molecule has 0 saturated heterocycles. The SMILES string of the molecule is CCOc1ccc(OCCNC(=O)COC(=O)c2cc([N+](=O)[O-])ccc2Cl)cc1. The molecule has 10 heteroatoms. The largest absolute Gasteiger partial charge is 0.494 e. The van der Waals surface area contributed by atoms with Crippen molar-refractivity contribution < 1.29 is 28.7 Å². The molecule has 9 nitrogen and oxygen atoms in total. The fraction of sp³-hybridized carbons (Fsp3) is 0.263. The summed E-state index contributed by atoms with van der Waals surface area (Å²) < 4.78 is 15.6. The number of ether oxygens (including phenoxy) is 3. The first-order valence-electron chi connectivity index (χ1n) is 8.64. The number of halogens is 1. The van der Waals surface area contributed by atoms with Crippen molar-refractivity contribution in [3.05, 3.63) is 63.2 Å². The summed E-state index contributed by atoms with van der Waals surface area (Å²) >= 11 is 5.85. The number of hydrogen-bond acceptors (Lipinski definition) is 7. The van der Waals surface area contributed by atoms with Gasteiger partial charge in [-0.15, -0.1) is 0 Å². The number of nitro groups is 1. The van der Waals surface area contributed by atoms with Gasteiger partial charge in [-0.3, -0.25) is 14.9 Å². The maximum absolute atomic E-state index is 12.0. The number of benzene rings is 2. The average Bonchev–Trinajstić information content (AvgIpc) is 2.71. The van der Waals surface area contributed by atoms with Gasteiger partial charge in [-0.1, -0.05) is 11.6 Å². The van der Waals surface area contributed by atoms with E-state index in [0.29, 0.717) is 12.4 Å². The Balaban J connectivity index is 1.72. The summed E-state index contributed by atoms with van der Waals surface area (Å²) in [4.78, 5) is 33.9. The van der Waals surface area contributed by atoms with Crippen LogP contribution < -0.4 is 14.8 Å². The zero-order chi connectivity index (χ0) is 21.2. The van der Waals surface area contributed by atoms with Crippen LogP contribution in [0.4, 0.5) is 5.69 Å². The lowest BCUT2D eigenvalue weighted by atomic mass is 10.2. The van der Waals surface area contributed by atoms with Gasteiger partial charge in [-0.2, -0.15) is 0 Å². The molecule has 0 aliphatic heterocycles. The zero-order valence-electron chi connectivity index (χ0n) is 15.6. The van der Waals surface area contributed by atoms with Gasteiger partial charge < -0.3 is 19.5 Å². The number of carbonyl (C=O) groups is 2. The molecule has 154 valence electrons. The summed E-state index contributed by atoms with van der Waals surface area (Å²) in [6.45, 7) is 2.32. The summed E-state index contributed by atoms with van der Waals surface area (Å²) in [5.74, 6) is -0.122. The summed E-state index contributed by atoms with van der Waals surface area (Å²) in [7, 11) is 0. The smallest absolute Gasteiger partial charge is 0.340 e. The highest BCUT2D eigenvalue weighted by atomic mass is 35.5. The van der Waals surface area contributed by atoms with Crippen LogP contribution in [0.1, 0.15) is 17.3 Å². The molecule has 2 aromatic carbocycles. The van der Waals surface area contributed by atoms with Gasteiger partial charge in [0.1, 0.15) is 18.1 Å². The van der Waals surface area contributed by atoms with Crippen molar-refractivity contribution in [2.24, 2.45) is 0 Å². The first-order chi connectivity index (χ1) is 13.9. The summed E-state index contributed by atoms with van der Waals surface area (Å²) in [5, 5.41) is 13.3. The number of nitrogens with zero attached hydrogens (tertiary/aromatic N) is 1. The molecular weight excluding hydrogens is 404 g/mol. The van der Waals surface area contributed by atoms with Crippen LogP contribution >= 0.6 is 11.6 Å². The molecule has 0 aliphatic rings. The van der Waals surface area contributed by atoms with Crippen molar-refractivity contribution in [3.63, 3.8) is 0 Å². The van der Waals surface area contributed by atoms with Crippen LogP contribution in [0.2, 0.25) is 5.02 Å². The van der Waals surface area contributed by atoms with Crippen molar-refractivity contribution in [1.29, 1.82) is 0 Å². The van der Waals surface area contributed by atoms with E-state index in [4.69, 9.17) is 25.8 Å². The van der Waals surface area contributed by atoms with E-state index in [2.05, 4.69) is 5.32 Å². The molecule has 29 heavy (non-hydrogen) atoms. The van der Waals surface area contributed by atoms with Crippen molar-refractivity contribution >= 4 is 29.2 Å². The van der Waals surface area contributed by atoms with Gasteiger partial charge in [0.25, 0.3) is 11.6 Å². The number of non-ortho nitro benzene ring substituents is 1. The molecule has 0 bridgehead atoms. The van der Waals surface area contributed by atoms with Crippen LogP contribution in [0.3, 0.4) is 0 Å². The molecule has 0 fully saturated rings. The van der Waals surface area contributed by atoms with E-state index < -0.39 is 23.4 Å². The van der Waals surface area contributed by atoms with Gasteiger partial charge in [0, 0.05) is 12.1 Å². The molecule has 1 amide bonds. The van der Waals surface area contributed by atoms with Crippen LogP contribution in [0.15, 0.2) is 42.5 Å². The van der Waals surface area contributed by atoms with E-state index in [9.17, 15) is 19.7 Å². The number of hydrogen-bond donors (Lipinski definition) is 1. The predicted octanol–water partition coefficient (Wildman–Crippen LogP) is 3.00. The zero-order valence-corrected chi connectivity index (χ0v) is 16.3. The van der Waals surface area contributed by atoms with Gasteiger partial charge >= 0.3 is 5.97 Å². The lowest BCUT2D eigenvalue weighted by Gasteiger charge is -2.09. The second-order valence-electron chi connectivity index (χ2n) is 5.60. The Kier molecular flexibility index (Phi) is 8.23. The van der Waals surface area contributed by atoms with Crippen LogP contribution in [0.5, 0.6) is 11.5 Å². The third-order valence-corrected chi connectivity index (χ3v) is 3.87. The van der Waals surface area contributed by atoms with E-state index in [1.807, 2.05) is 6.92 Å². The molecule has 2 aromatic rings. The third-order valence-electron chi connectivity index (χ3n) is 3.54. The van der Waals surface area contributed by atoms with Crippen LogP contribution in [0.25, 0.3) is 0 Å². The Morgan fingerprint density at radius 3 is 2.38 bits per heavy atom. The van der Waals surface area contributed by atoms with E-state index >= 15 is 0 Å². The molecule has 0 aromatic heterocycles. The molecule has 0 saturated carbocycles. The van der Waals surface area contributed by atoms with Gasteiger partial charge in [0.05, 0.1) is 28.7 Å². The quantitative estimate of drug-likeness (QED) is 0.270. The number of amides is 1. The van der Waals surface area contributed by atoms with E-state index in [1.165, 1.54) is 6.07 Å². The normalized spacial score (nSPS) is 10.1. The summed E-state index contributed by atoms with van der Waals surface area (Å²) in [6, 6.07) is 10.4. The number of nitro benzene ring substituents is 1. The second-order valence-corrected chi connectivity index (χ2v) is 6.01. The summed E-state index contributed by atoms with van der Waals surface area (Å²) in [6.07, 6.45) is 0. The number of esters is 1. The van der Waals surface area contributed by atoms with Crippen LogP contribution in [-0.2, 0) is 9.53 Å². The van der Waals surface area contributed by atoms with Gasteiger partial charge in [-0.05, 0) is 37.3 Å². The van der Waals surface area contributed by atoms with Crippen molar-refractivity contribution in [3.8, 4) is 11.5 Å². The highest BCUT2D eigenvalue weighted by Gasteiger charge is 2.18. The molecule has 0 atom stereocenters. The van der Waals surface area contributed by atoms with Gasteiger partial charge in [0.15, 0.2) is 6.61 Å². The Bertz CT molecular complexity index is 871. The maximum Gasteiger partial charge on any atom is 0.340 e. The molecule has 0 unspecified atom stereocenters. The predicted molar refractivity (Wildman–Crippen MR) is 105 cm³/mol. The van der Waals surface area contributed by atoms with E-state index in [1.54, 1.807) is 24.3 Å².